The van der Waals surface area contributed by atoms with Gasteiger partial charge in [-0.05, 0) is 37.6 Å². The Morgan fingerprint density at radius 2 is 2.27 bits per heavy atom. The Balaban J connectivity index is 2.88. The fourth-order valence-electron chi connectivity index (χ4n) is 1.19. The van der Waals surface area contributed by atoms with Crippen LogP contribution in [0.5, 0.6) is 0 Å². The van der Waals surface area contributed by atoms with Crippen LogP contribution in [0.3, 0.4) is 0 Å². The van der Waals surface area contributed by atoms with E-state index in [1.807, 2.05) is 19.1 Å². The van der Waals surface area contributed by atoms with E-state index in [0.29, 0.717) is 5.56 Å². The number of carbonyl (C=O) groups excluding carboxylic acids is 1. The highest BCUT2D eigenvalue weighted by Gasteiger charge is 2.11. The molecule has 0 radical (unpaired) electrons. The van der Waals surface area contributed by atoms with E-state index in [1.165, 1.54) is 0 Å². The first-order valence-corrected chi connectivity index (χ1v) is 5.30. The lowest BCUT2D eigenvalue weighted by Crippen LogP contribution is -2.31. The molecule has 0 aliphatic carbocycles. The monoisotopic (exact) mass is 266 g/mol. The topological polar surface area (TPSA) is 52.9 Å². The van der Waals surface area contributed by atoms with Gasteiger partial charge in [-0.3, -0.25) is 4.79 Å². The molecular weight excluding hydrogens is 256 g/mol. The van der Waals surface area contributed by atoms with Gasteiger partial charge in [-0.25, -0.2) is 0 Å². The Kier molecular flexibility index (Phi) is 3.87. The van der Waals surface area contributed by atoms with Gasteiger partial charge in [0.2, 0.25) is 0 Å². The Bertz CT molecular complexity index is 423. The molecular formula is C11H11BrN2O. The van der Waals surface area contributed by atoms with E-state index in [9.17, 15) is 4.79 Å². The number of hydrogen-bond donors (Lipinski definition) is 1. The van der Waals surface area contributed by atoms with Crippen LogP contribution in [0, 0.1) is 18.3 Å². The molecule has 4 heteroatoms. The van der Waals surface area contributed by atoms with Crippen molar-refractivity contribution in [3.8, 4) is 6.07 Å². The van der Waals surface area contributed by atoms with Gasteiger partial charge in [-0.2, -0.15) is 5.26 Å². The number of nitriles is 1. The van der Waals surface area contributed by atoms with Crippen molar-refractivity contribution >= 4 is 21.8 Å². The average molecular weight is 267 g/mol. The van der Waals surface area contributed by atoms with E-state index in [1.54, 1.807) is 19.1 Å². The van der Waals surface area contributed by atoms with Crippen molar-refractivity contribution in [2.45, 2.75) is 19.9 Å². The Morgan fingerprint density at radius 1 is 1.60 bits per heavy atom. The quantitative estimate of drug-likeness (QED) is 0.894. The molecule has 1 rings (SSSR count). The number of nitrogens with zero attached hydrogens (tertiary/aromatic N) is 1. The van der Waals surface area contributed by atoms with Crippen molar-refractivity contribution in [2.75, 3.05) is 0 Å². The maximum Gasteiger partial charge on any atom is 0.252 e. The molecule has 0 aliphatic rings. The number of rotatable bonds is 2. The van der Waals surface area contributed by atoms with Crippen LogP contribution in [0.25, 0.3) is 0 Å². The SMILES string of the molecule is Cc1cc(Br)ccc1C(=O)NC(C)C#N. The zero-order chi connectivity index (χ0) is 11.4. The van der Waals surface area contributed by atoms with Gasteiger partial charge in [0, 0.05) is 10.0 Å². The van der Waals surface area contributed by atoms with Gasteiger partial charge in [-0.1, -0.05) is 15.9 Å². The van der Waals surface area contributed by atoms with Crippen LogP contribution < -0.4 is 5.32 Å². The molecule has 0 fully saturated rings. The van der Waals surface area contributed by atoms with E-state index in [2.05, 4.69) is 21.2 Å². The number of halogens is 1. The summed E-state index contributed by atoms with van der Waals surface area (Å²) in [6.07, 6.45) is 0. The van der Waals surface area contributed by atoms with Crippen LogP contribution in [0.1, 0.15) is 22.8 Å². The summed E-state index contributed by atoms with van der Waals surface area (Å²) in [5.41, 5.74) is 1.48. The summed E-state index contributed by atoms with van der Waals surface area (Å²) in [5.74, 6) is -0.214. The van der Waals surface area contributed by atoms with Crippen molar-refractivity contribution < 1.29 is 4.79 Å². The maximum atomic E-state index is 11.7. The van der Waals surface area contributed by atoms with Crippen LogP contribution >= 0.6 is 15.9 Å². The van der Waals surface area contributed by atoms with E-state index in [0.717, 1.165) is 10.0 Å². The molecule has 0 bridgehead atoms. The molecule has 1 N–H and O–H groups in total. The largest absolute Gasteiger partial charge is 0.337 e. The van der Waals surface area contributed by atoms with Crippen molar-refractivity contribution in [3.63, 3.8) is 0 Å². The zero-order valence-electron chi connectivity index (χ0n) is 8.54. The summed E-state index contributed by atoms with van der Waals surface area (Å²) in [6, 6.07) is 6.89. The highest BCUT2D eigenvalue weighted by Crippen LogP contribution is 2.15. The van der Waals surface area contributed by atoms with Crippen molar-refractivity contribution in [1.29, 1.82) is 5.26 Å². The number of hydrogen-bond acceptors (Lipinski definition) is 2. The van der Waals surface area contributed by atoms with E-state index in [-0.39, 0.29) is 5.91 Å². The lowest BCUT2D eigenvalue weighted by atomic mass is 10.1. The third-order valence-corrected chi connectivity index (χ3v) is 2.47. The minimum atomic E-state index is -0.472. The third-order valence-electron chi connectivity index (χ3n) is 1.97. The average Bonchev–Trinajstić information content (AvgIpc) is 2.17. The van der Waals surface area contributed by atoms with Crippen molar-refractivity contribution in [1.82, 2.24) is 5.32 Å². The van der Waals surface area contributed by atoms with Crippen LogP contribution in [-0.2, 0) is 0 Å². The molecule has 1 unspecified atom stereocenters. The molecule has 3 nitrogen and oxygen atoms in total. The summed E-state index contributed by atoms with van der Waals surface area (Å²) in [6.45, 7) is 3.50. The molecule has 0 saturated heterocycles. The Labute approximate surface area is 97.2 Å². The molecule has 78 valence electrons. The number of benzene rings is 1. The van der Waals surface area contributed by atoms with E-state index < -0.39 is 6.04 Å². The second-order valence-electron chi connectivity index (χ2n) is 3.28. The summed E-state index contributed by atoms with van der Waals surface area (Å²) >= 11 is 3.33. The molecule has 1 aromatic carbocycles. The van der Waals surface area contributed by atoms with Gasteiger partial charge in [0.25, 0.3) is 5.91 Å². The number of aryl methyl sites for hydroxylation is 1. The van der Waals surface area contributed by atoms with Gasteiger partial charge >= 0.3 is 0 Å². The van der Waals surface area contributed by atoms with Gasteiger partial charge in [0.1, 0.15) is 6.04 Å². The normalized spacial score (nSPS) is 11.6. The molecule has 0 saturated carbocycles. The first-order chi connectivity index (χ1) is 7.04. The number of carbonyl (C=O) groups is 1. The smallest absolute Gasteiger partial charge is 0.252 e. The first kappa shape index (κ1) is 11.7. The summed E-state index contributed by atoms with van der Waals surface area (Å²) in [4.78, 5) is 11.7. The van der Waals surface area contributed by atoms with Gasteiger partial charge in [0.05, 0.1) is 6.07 Å². The van der Waals surface area contributed by atoms with Gasteiger partial charge in [0.15, 0.2) is 0 Å². The molecule has 15 heavy (non-hydrogen) atoms. The maximum absolute atomic E-state index is 11.7. The van der Waals surface area contributed by atoms with Crippen molar-refractivity contribution in [2.24, 2.45) is 0 Å². The lowest BCUT2D eigenvalue weighted by molar-refractivity contribution is 0.0947. The number of nitrogens with one attached hydrogen (secondary N) is 1. The second-order valence-corrected chi connectivity index (χ2v) is 4.20. The van der Waals surface area contributed by atoms with Gasteiger partial charge < -0.3 is 5.32 Å². The predicted octanol–water partition coefficient (Wildman–Crippen LogP) is 2.40. The third kappa shape index (κ3) is 3.07. The van der Waals surface area contributed by atoms with Crippen LogP contribution in [0.15, 0.2) is 22.7 Å². The van der Waals surface area contributed by atoms with Crippen LogP contribution in [0.4, 0.5) is 0 Å². The summed E-state index contributed by atoms with van der Waals surface area (Å²) in [7, 11) is 0. The Morgan fingerprint density at radius 3 is 2.80 bits per heavy atom. The van der Waals surface area contributed by atoms with E-state index in [4.69, 9.17) is 5.26 Å². The molecule has 0 aromatic heterocycles. The highest BCUT2D eigenvalue weighted by molar-refractivity contribution is 9.10. The fraction of sp³-hybridized carbons (Fsp3) is 0.273. The first-order valence-electron chi connectivity index (χ1n) is 4.51. The van der Waals surface area contributed by atoms with Crippen LogP contribution in [0.2, 0.25) is 0 Å². The minimum Gasteiger partial charge on any atom is -0.337 e. The Hall–Kier alpha value is -1.34. The fourth-order valence-corrected chi connectivity index (χ4v) is 1.66. The minimum absolute atomic E-state index is 0.214. The highest BCUT2D eigenvalue weighted by atomic mass is 79.9. The van der Waals surface area contributed by atoms with Crippen LogP contribution in [-0.4, -0.2) is 11.9 Å². The number of amides is 1. The molecule has 1 aromatic rings. The van der Waals surface area contributed by atoms with Crippen molar-refractivity contribution in [3.05, 3.63) is 33.8 Å². The predicted molar refractivity (Wildman–Crippen MR) is 61.4 cm³/mol. The molecule has 0 aliphatic heterocycles. The zero-order valence-corrected chi connectivity index (χ0v) is 10.1. The summed E-state index contributed by atoms with van der Waals surface area (Å²) in [5, 5.41) is 11.2. The second kappa shape index (κ2) is 4.94. The molecule has 1 amide bonds. The van der Waals surface area contributed by atoms with Gasteiger partial charge in [-0.15, -0.1) is 0 Å². The molecule has 1 atom stereocenters. The molecule has 0 heterocycles. The van der Waals surface area contributed by atoms with E-state index >= 15 is 0 Å². The molecule has 0 spiro atoms. The standard InChI is InChI=1S/C11H11BrN2O/c1-7-5-9(12)3-4-10(7)11(15)14-8(2)6-13/h3-5,8H,1-2H3,(H,14,15). The summed E-state index contributed by atoms with van der Waals surface area (Å²) < 4.78 is 0.935. The lowest BCUT2D eigenvalue weighted by Gasteiger charge is -2.08.